The molecule has 2 aromatic heterocycles. The van der Waals surface area contributed by atoms with Gasteiger partial charge in [0.15, 0.2) is 0 Å². The maximum absolute atomic E-state index is 12.9. The topological polar surface area (TPSA) is 87.0 Å². The Morgan fingerprint density at radius 3 is 2.76 bits per heavy atom. The van der Waals surface area contributed by atoms with Gasteiger partial charge in [0.1, 0.15) is 5.82 Å². The molecule has 154 valence electrons. The molecule has 0 spiro atoms. The second-order valence-electron chi connectivity index (χ2n) is 7.32. The van der Waals surface area contributed by atoms with Gasteiger partial charge >= 0.3 is 6.18 Å². The minimum atomic E-state index is -4.59. The molecule has 1 aromatic carbocycles. The second-order valence-corrected chi connectivity index (χ2v) is 7.32. The van der Waals surface area contributed by atoms with Crippen molar-refractivity contribution in [2.45, 2.75) is 44.1 Å². The summed E-state index contributed by atoms with van der Waals surface area (Å²) in [5.74, 6) is -0.689. The van der Waals surface area contributed by atoms with E-state index in [9.17, 15) is 23.1 Å². The van der Waals surface area contributed by atoms with Crippen LogP contribution in [0.4, 0.5) is 13.2 Å². The van der Waals surface area contributed by atoms with E-state index in [2.05, 4.69) is 15.0 Å². The highest BCUT2D eigenvalue weighted by Crippen LogP contribution is 2.34. The second kappa shape index (κ2) is 6.87. The third kappa shape index (κ3) is 3.37. The molecule has 29 heavy (non-hydrogen) atoms. The van der Waals surface area contributed by atoms with E-state index in [1.807, 2.05) is 11.5 Å². The van der Waals surface area contributed by atoms with Gasteiger partial charge < -0.3 is 19.6 Å². The van der Waals surface area contributed by atoms with Gasteiger partial charge in [0.2, 0.25) is 5.82 Å². The van der Waals surface area contributed by atoms with E-state index >= 15 is 0 Å². The number of carbonyl (C=O) groups excluding carboxylic acids is 1. The number of imidazole rings is 2. The summed E-state index contributed by atoms with van der Waals surface area (Å²) >= 11 is 0. The summed E-state index contributed by atoms with van der Waals surface area (Å²) < 4.78 is 40.4. The van der Waals surface area contributed by atoms with Gasteiger partial charge in [-0.2, -0.15) is 13.2 Å². The first kappa shape index (κ1) is 19.4. The highest BCUT2D eigenvalue weighted by Gasteiger charge is 2.40. The van der Waals surface area contributed by atoms with Crippen LogP contribution in [0.2, 0.25) is 0 Å². The van der Waals surface area contributed by atoms with E-state index in [0.717, 1.165) is 5.82 Å². The molecule has 1 amide bonds. The first-order valence-corrected chi connectivity index (χ1v) is 9.18. The Kier molecular flexibility index (Phi) is 4.60. The Morgan fingerprint density at radius 2 is 2.10 bits per heavy atom. The molecule has 2 N–H and O–H groups in total. The molecule has 1 saturated carbocycles. The largest absolute Gasteiger partial charge is 0.449 e. The van der Waals surface area contributed by atoms with Crippen molar-refractivity contribution in [3.8, 4) is 0 Å². The van der Waals surface area contributed by atoms with Crippen molar-refractivity contribution in [1.29, 1.82) is 0 Å². The van der Waals surface area contributed by atoms with E-state index in [4.69, 9.17) is 0 Å². The van der Waals surface area contributed by atoms with Crippen molar-refractivity contribution in [1.82, 2.24) is 24.4 Å². The summed E-state index contributed by atoms with van der Waals surface area (Å²) in [6.45, 7) is 1.85. The smallest absolute Gasteiger partial charge is 0.389 e. The molecule has 2 heterocycles. The van der Waals surface area contributed by atoms with Crippen LogP contribution >= 0.6 is 0 Å². The van der Waals surface area contributed by atoms with E-state index in [0.29, 0.717) is 12.8 Å². The number of aromatic nitrogens is 4. The van der Waals surface area contributed by atoms with Gasteiger partial charge in [0.25, 0.3) is 5.91 Å². The molecule has 0 aliphatic heterocycles. The molecule has 10 heteroatoms. The number of halogens is 3. The summed E-state index contributed by atoms with van der Waals surface area (Å²) in [5.41, 5.74) is 0.496. The van der Waals surface area contributed by atoms with Crippen LogP contribution in [0, 0.1) is 6.92 Å². The van der Waals surface area contributed by atoms with Crippen LogP contribution in [0.15, 0.2) is 30.6 Å². The van der Waals surface area contributed by atoms with Gasteiger partial charge in [0, 0.05) is 25.0 Å². The third-order valence-corrected chi connectivity index (χ3v) is 5.58. The minimum Gasteiger partial charge on any atom is -0.389 e. The molecule has 1 aliphatic carbocycles. The summed E-state index contributed by atoms with van der Waals surface area (Å²) in [6, 6.07) is 3.60. The number of aliphatic hydroxyl groups excluding tert-OH is 1. The molecule has 3 aromatic rings. The van der Waals surface area contributed by atoms with Crippen LogP contribution in [-0.4, -0.2) is 54.6 Å². The maximum atomic E-state index is 12.9. The molecule has 0 bridgehead atoms. The first-order valence-electron chi connectivity index (χ1n) is 9.18. The zero-order valence-electron chi connectivity index (χ0n) is 15.8. The van der Waals surface area contributed by atoms with Gasteiger partial charge in [0.05, 0.1) is 29.2 Å². The predicted octanol–water partition coefficient (Wildman–Crippen LogP) is 2.92. The number of nitrogens with zero attached hydrogens (tertiary/aromatic N) is 4. The predicted molar refractivity (Wildman–Crippen MR) is 98.2 cm³/mol. The Hall–Kier alpha value is -2.88. The van der Waals surface area contributed by atoms with Crippen LogP contribution in [0.3, 0.4) is 0 Å². The molecule has 0 unspecified atom stereocenters. The number of likely N-dealkylation sites (N-methyl/N-ethyl adjacent to an activating group) is 1. The summed E-state index contributed by atoms with van der Waals surface area (Å²) in [5, 5.41) is 10.8. The Bertz CT molecular complexity index is 1060. The summed E-state index contributed by atoms with van der Waals surface area (Å²) in [7, 11) is 1.59. The van der Waals surface area contributed by atoms with Gasteiger partial charge in [-0.25, -0.2) is 9.97 Å². The average Bonchev–Trinajstić information content (AvgIpc) is 3.37. The van der Waals surface area contributed by atoms with E-state index in [1.54, 1.807) is 19.4 Å². The quantitative estimate of drug-likeness (QED) is 0.699. The van der Waals surface area contributed by atoms with Crippen LogP contribution in [0.25, 0.3) is 11.0 Å². The van der Waals surface area contributed by atoms with Gasteiger partial charge in [-0.3, -0.25) is 4.79 Å². The number of amides is 1. The number of aromatic amines is 1. The highest BCUT2D eigenvalue weighted by atomic mass is 19.4. The number of aliphatic hydroxyl groups is 1. The van der Waals surface area contributed by atoms with Gasteiger partial charge in [-0.15, -0.1) is 0 Å². The number of hydrogen-bond donors (Lipinski definition) is 2. The van der Waals surface area contributed by atoms with Crippen molar-refractivity contribution in [2.24, 2.45) is 0 Å². The van der Waals surface area contributed by atoms with Crippen molar-refractivity contribution in [3.05, 3.63) is 47.8 Å². The van der Waals surface area contributed by atoms with Crippen molar-refractivity contribution in [2.75, 3.05) is 7.05 Å². The lowest BCUT2D eigenvalue weighted by atomic mass is 10.1. The first-order chi connectivity index (χ1) is 13.7. The fraction of sp³-hybridized carbons (Fsp3) is 0.421. The molecular formula is C19H20F3N5O2. The molecular weight excluding hydrogens is 387 g/mol. The highest BCUT2D eigenvalue weighted by molar-refractivity contribution is 5.97. The molecule has 3 atom stereocenters. The van der Waals surface area contributed by atoms with Crippen LogP contribution in [0.1, 0.15) is 40.9 Å². The number of nitrogens with one attached hydrogen (secondary N) is 1. The third-order valence-electron chi connectivity index (χ3n) is 5.58. The van der Waals surface area contributed by atoms with Crippen LogP contribution in [-0.2, 0) is 6.18 Å². The number of rotatable bonds is 3. The van der Waals surface area contributed by atoms with Gasteiger partial charge in [-0.05, 0) is 38.0 Å². The van der Waals surface area contributed by atoms with Crippen LogP contribution in [0.5, 0.6) is 0 Å². The Labute approximate surface area is 164 Å². The van der Waals surface area contributed by atoms with Gasteiger partial charge in [-0.1, -0.05) is 0 Å². The molecule has 7 nitrogen and oxygen atoms in total. The van der Waals surface area contributed by atoms with E-state index in [-0.39, 0.29) is 28.5 Å². The number of carbonyl (C=O) groups is 1. The number of alkyl halides is 3. The molecule has 0 radical (unpaired) electrons. The van der Waals surface area contributed by atoms with E-state index in [1.165, 1.54) is 23.1 Å². The molecule has 1 fully saturated rings. The lowest BCUT2D eigenvalue weighted by Crippen LogP contribution is -2.43. The normalized spacial score (nSPS) is 22.3. The molecule has 1 aliphatic rings. The number of fused-ring (bicyclic) bond motifs is 1. The summed E-state index contributed by atoms with van der Waals surface area (Å²) in [4.78, 5) is 24.3. The number of H-pyrrole nitrogens is 1. The van der Waals surface area contributed by atoms with Crippen molar-refractivity contribution < 1.29 is 23.1 Å². The number of benzene rings is 1. The van der Waals surface area contributed by atoms with E-state index < -0.39 is 24.1 Å². The summed E-state index contributed by atoms with van der Waals surface area (Å²) in [6.07, 6.45) is -0.596. The fourth-order valence-electron chi connectivity index (χ4n) is 4.04. The lowest BCUT2D eigenvalue weighted by molar-refractivity contribution is -0.144. The zero-order chi connectivity index (χ0) is 20.9. The van der Waals surface area contributed by atoms with Crippen molar-refractivity contribution >= 4 is 16.9 Å². The Balaban J connectivity index is 1.55. The monoisotopic (exact) mass is 407 g/mol. The fourth-order valence-corrected chi connectivity index (χ4v) is 4.04. The molecule has 0 saturated heterocycles. The minimum absolute atomic E-state index is 0.132. The average molecular weight is 407 g/mol. The van der Waals surface area contributed by atoms with Crippen molar-refractivity contribution in [3.63, 3.8) is 0 Å². The number of aryl methyl sites for hydroxylation is 1. The number of hydrogen-bond acceptors (Lipinski definition) is 4. The SMILES string of the molecule is Cc1nccn1[C@@H]1CC[C@@H](N(C)C(=O)c2ccc3nc(C(F)(F)F)[nH]c3c2)[C@H]1O. The standard InChI is InChI=1S/C19H20F3N5O2/c1-10-23-7-8-27(10)15-6-5-14(16(15)28)26(2)17(29)11-3-4-12-13(9-11)25-18(24-12)19(20,21)22/h3-4,7-9,14-16,28H,5-6H2,1-2H3,(H,24,25)/t14-,15-,16-/m1/s1. The molecule has 4 rings (SSSR count). The van der Waals surface area contributed by atoms with Crippen LogP contribution < -0.4 is 0 Å². The maximum Gasteiger partial charge on any atom is 0.449 e. The Morgan fingerprint density at radius 1 is 1.34 bits per heavy atom. The lowest BCUT2D eigenvalue weighted by Gasteiger charge is -2.29. The zero-order valence-corrected chi connectivity index (χ0v) is 15.8.